The van der Waals surface area contributed by atoms with Gasteiger partial charge in [0.25, 0.3) is 0 Å². The zero-order valence-electron chi connectivity index (χ0n) is 6.46. The number of hydrogen-bond donors (Lipinski definition) is 2. The van der Waals surface area contributed by atoms with Gasteiger partial charge in [-0.15, -0.1) is 0 Å². The van der Waals surface area contributed by atoms with Crippen LogP contribution in [0.5, 0.6) is 0 Å². The molecule has 1 aliphatic heterocycles. The lowest BCUT2D eigenvalue weighted by Gasteiger charge is -2.07. The molecule has 64 valence electrons. The average Bonchev–Trinajstić information content (AvgIpc) is 2.47. The maximum absolute atomic E-state index is 11.1. The molecule has 2 N–H and O–H groups in total. The molecule has 5 nitrogen and oxygen atoms in total. The molecule has 1 aliphatic rings. The summed E-state index contributed by atoms with van der Waals surface area (Å²) < 4.78 is 0. The highest BCUT2D eigenvalue weighted by atomic mass is 16.2. The largest absolute Gasteiger partial charge is 0.344 e. The number of rotatable bonds is 2. The van der Waals surface area contributed by atoms with Gasteiger partial charge in [0.15, 0.2) is 0 Å². The van der Waals surface area contributed by atoms with Crippen molar-refractivity contribution < 1.29 is 9.59 Å². The van der Waals surface area contributed by atoms with Crippen molar-refractivity contribution in [1.29, 1.82) is 5.26 Å². The minimum absolute atomic E-state index is 0.00873. The third kappa shape index (κ3) is 1.95. The summed E-state index contributed by atoms with van der Waals surface area (Å²) in [5.74, 6) is -0.380. The summed E-state index contributed by atoms with van der Waals surface area (Å²) in [6, 6.07) is 1.35. The van der Waals surface area contributed by atoms with Crippen LogP contribution in [0.25, 0.3) is 0 Å². The zero-order chi connectivity index (χ0) is 8.97. The lowest BCUT2D eigenvalue weighted by Crippen LogP contribution is -2.41. The van der Waals surface area contributed by atoms with Crippen LogP contribution in [0.4, 0.5) is 0 Å². The van der Waals surface area contributed by atoms with Gasteiger partial charge in [0.1, 0.15) is 12.6 Å². The van der Waals surface area contributed by atoms with Crippen molar-refractivity contribution >= 4 is 11.8 Å². The van der Waals surface area contributed by atoms with Crippen LogP contribution in [-0.2, 0) is 9.59 Å². The first kappa shape index (κ1) is 8.53. The molecule has 0 unspecified atom stereocenters. The van der Waals surface area contributed by atoms with Gasteiger partial charge in [0, 0.05) is 6.42 Å². The molecular formula is C7H9N3O2. The molecule has 0 aromatic carbocycles. The molecule has 0 radical (unpaired) electrons. The number of nitrogens with zero attached hydrogens (tertiary/aromatic N) is 1. The summed E-state index contributed by atoms with van der Waals surface area (Å²) >= 11 is 0. The Kier molecular flexibility index (Phi) is 2.64. The second-order valence-corrected chi connectivity index (χ2v) is 2.53. The van der Waals surface area contributed by atoms with Crippen LogP contribution in [0.15, 0.2) is 0 Å². The average molecular weight is 167 g/mol. The number of carbonyl (C=O) groups is 2. The summed E-state index contributed by atoms with van der Waals surface area (Å²) in [7, 11) is 0. The Labute approximate surface area is 69.7 Å². The quantitative estimate of drug-likeness (QED) is 0.512. The van der Waals surface area contributed by atoms with Crippen molar-refractivity contribution in [1.82, 2.24) is 10.6 Å². The lowest BCUT2D eigenvalue weighted by molar-refractivity contribution is -0.125. The van der Waals surface area contributed by atoms with Gasteiger partial charge in [-0.1, -0.05) is 0 Å². The topological polar surface area (TPSA) is 82.0 Å². The van der Waals surface area contributed by atoms with Crippen molar-refractivity contribution in [3.05, 3.63) is 0 Å². The molecule has 1 heterocycles. The molecule has 0 aromatic heterocycles. The van der Waals surface area contributed by atoms with E-state index < -0.39 is 6.04 Å². The molecule has 0 bridgehead atoms. The molecule has 0 spiro atoms. The second-order valence-electron chi connectivity index (χ2n) is 2.53. The van der Waals surface area contributed by atoms with Crippen molar-refractivity contribution in [2.45, 2.75) is 18.9 Å². The van der Waals surface area contributed by atoms with Crippen molar-refractivity contribution in [3.8, 4) is 6.07 Å². The van der Waals surface area contributed by atoms with Crippen LogP contribution in [-0.4, -0.2) is 24.4 Å². The van der Waals surface area contributed by atoms with Gasteiger partial charge in [-0.05, 0) is 6.42 Å². The van der Waals surface area contributed by atoms with E-state index in [4.69, 9.17) is 5.26 Å². The van der Waals surface area contributed by atoms with E-state index in [1.165, 1.54) is 0 Å². The summed E-state index contributed by atoms with van der Waals surface area (Å²) in [5, 5.41) is 13.0. The van der Waals surface area contributed by atoms with Crippen LogP contribution in [0, 0.1) is 11.3 Å². The predicted octanol–water partition coefficient (Wildman–Crippen LogP) is -1.10. The smallest absolute Gasteiger partial charge is 0.243 e. The van der Waals surface area contributed by atoms with E-state index in [9.17, 15) is 9.59 Å². The molecule has 0 aliphatic carbocycles. The fourth-order valence-electron chi connectivity index (χ4n) is 1.06. The number of carbonyl (C=O) groups excluding carboxylic acids is 2. The van der Waals surface area contributed by atoms with Gasteiger partial charge in [-0.3, -0.25) is 9.59 Å². The molecule has 1 fully saturated rings. The third-order valence-electron chi connectivity index (χ3n) is 1.65. The molecule has 1 atom stereocenters. The molecule has 1 saturated heterocycles. The van der Waals surface area contributed by atoms with Gasteiger partial charge in [0.05, 0.1) is 6.07 Å². The monoisotopic (exact) mass is 167 g/mol. The minimum Gasteiger partial charge on any atom is -0.344 e. The van der Waals surface area contributed by atoms with Crippen LogP contribution in [0.3, 0.4) is 0 Å². The van der Waals surface area contributed by atoms with Crippen molar-refractivity contribution in [2.24, 2.45) is 0 Å². The lowest BCUT2D eigenvalue weighted by atomic mass is 10.2. The van der Waals surface area contributed by atoms with E-state index in [-0.39, 0.29) is 18.4 Å². The molecule has 5 heteroatoms. The van der Waals surface area contributed by atoms with Gasteiger partial charge >= 0.3 is 0 Å². The molecule has 2 amide bonds. The first-order chi connectivity index (χ1) is 5.74. The number of nitriles is 1. The second kappa shape index (κ2) is 3.72. The SMILES string of the molecule is N#CCNC(=O)[C@H]1CCC(=O)N1. The van der Waals surface area contributed by atoms with Gasteiger partial charge in [-0.25, -0.2) is 0 Å². The Morgan fingerprint density at radius 3 is 3.08 bits per heavy atom. The Morgan fingerprint density at radius 2 is 2.58 bits per heavy atom. The Bertz CT molecular complexity index is 244. The van der Waals surface area contributed by atoms with Crippen molar-refractivity contribution in [3.63, 3.8) is 0 Å². The normalized spacial score (nSPS) is 21.2. The number of hydrogen-bond acceptors (Lipinski definition) is 3. The first-order valence-corrected chi connectivity index (χ1v) is 3.68. The van der Waals surface area contributed by atoms with Crippen LogP contribution >= 0.6 is 0 Å². The minimum atomic E-state index is -0.439. The fraction of sp³-hybridized carbons (Fsp3) is 0.571. The number of amides is 2. The van der Waals surface area contributed by atoms with Crippen LogP contribution in [0.1, 0.15) is 12.8 Å². The third-order valence-corrected chi connectivity index (χ3v) is 1.65. The molecule has 1 rings (SSSR count). The maximum Gasteiger partial charge on any atom is 0.243 e. The Hall–Kier alpha value is -1.57. The Morgan fingerprint density at radius 1 is 1.83 bits per heavy atom. The summed E-state index contributed by atoms with van der Waals surface area (Å²) in [4.78, 5) is 21.7. The molecule has 12 heavy (non-hydrogen) atoms. The van der Waals surface area contributed by atoms with Gasteiger partial charge in [-0.2, -0.15) is 5.26 Å². The highest BCUT2D eigenvalue weighted by Gasteiger charge is 2.26. The van der Waals surface area contributed by atoms with E-state index >= 15 is 0 Å². The fourth-order valence-corrected chi connectivity index (χ4v) is 1.06. The highest BCUT2D eigenvalue weighted by molar-refractivity contribution is 5.90. The van der Waals surface area contributed by atoms with E-state index in [2.05, 4.69) is 10.6 Å². The van der Waals surface area contributed by atoms with Gasteiger partial charge in [0.2, 0.25) is 11.8 Å². The van der Waals surface area contributed by atoms with E-state index in [0.717, 1.165) is 0 Å². The zero-order valence-corrected chi connectivity index (χ0v) is 6.46. The van der Waals surface area contributed by atoms with E-state index in [1.807, 2.05) is 0 Å². The van der Waals surface area contributed by atoms with Crippen LogP contribution in [0.2, 0.25) is 0 Å². The first-order valence-electron chi connectivity index (χ1n) is 3.68. The summed E-state index contributed by atoms with van der Waals surface area (Å²) in [5.41, 5.74) is 0. The maximum atomic E-state index is 11.1. The van der Waals surface area contributed by atoms with Crippen LogP contribution < -0.4 is 10.6 Å². The predicted molar refractivity (Wildman–Crippen MR) is 39.8 cm³/mol. The van der Waals surface area contributed by atoms with Crippen molar-refractivity contribution in [2.75, 3.05) is 6.54 Å². The number of nitrogens with one attached hydrogen (secondary N) is 2. The summed E-state index contributed by atoms with van der Waals surface area (Å²) in [6.45, 7) is -0.00873. The highest BCUT2D eigenvalue weighted by Crippen LogP contribution is 2.05. The molecule has 0 aromatic rings. The standard InChI is InChI=1S/C7H9N3O2/c8-3-4-9-7(12)5-1-2-6(11)10-5/h5H,1-2,4H2,(H,9,12)(H,10,11)/t5-/m1/s1. The Balaban J connectivity index is 2.34. The van der Waals surface area contributed by atoms with E-state index in [0.29, 0.717) is 12.8 Å². The summed E-state index contributed by atoms with van der Waals surface area (Å²) in [6.07, 6.45) is 0.917. The van der Waals surface area contributed by atoms with E-state index in [1.54, 1.807) is 6.07 Å². The molecular weight excluding hydrogens is 158 g/mol. The van der Waals surface area contributed by atoms with Gasteiger partial charge < -0.3 is 10.6 Å². The molecule has 0 saturated carbocycles.